The lowest BCUT2D eigenvalue weighted by Crippen LogP contribution is -2.46. The van der Waals surface area contributed by atoms with Gasteiger partial charge in [0.1, 0.15) is 0 Å². The van der Waals surface area contributed by atoms with Gasteiger partial charge in [-0.15, -0.1) is 5.10 Å². The number of aromatic nitrogens is 5. The van der Waals surface area contributed by atoms with Crippen molar-refractivity contribution in [1.82, 2.24) is 24.8 Å². The normalized spacial score (nSPS) is 21.8. The summed E-state index contributed by atoms with van der Waals surface area (Å²) in [6.45, 7) is 6.56. The van der Waals surface area contributed by atoms with Crippen molar-refractivity contribution in [3.8, 4) is 5.69 Å². The van der Waals surface area contributed by atoms with Gasteiger partial charge in [0, 0.05) is 35.2 Å². The lowest BCUT2D eigenvalue weighted by molar-refractivity contribution is -0.146. The standard InChI is InChI=1S/C41H42N6O5Si/c1-27-38(53(2,3)51)37(21-22-45-25-35(43-44-45)33(26-48)29-11-5-4-6-12-29)52-41(27)34-15-9-10-16-36(34)46(40(41)50)24-28-17-19-31(20-18-28)47-39(49)32-14-8-7-13-30(32)23-42-47/h4-20,23,25,27,33,37-38,48,51H,21-22,24,26H2,1-3H3/t27-,33?,37+,38-,41+/m1/s1. The fourth-order valence-corrected chi connectivity index (χ4v) is 11.2. The third-order valence-electron chi connectivity index (χ3n) is 11.0. The maximum Gasteiger partial charge on any atom is 0.279 e. The Labute approximate surface area is 308 Å². The fourth-order valence-electron chi connectivity index (χ4n) is 8.56. The molecule has 4 aromatic carbocycles. The van der Waals surface area contributed by atoms with E-state index in [1.54, 1.807) is 21.8 Å². The van der Waals surface area contributed by atoms with Crippen molar-refractivity contribution >= 4 is 30.7 Å². The van der Waals surface area contributed by atoms with E-state index in [4.69, 9.17) is 4.74 Å². The highest BCUT2D eigenvalue weighted by Crippen LogP contribution is 2.59. The summed E-state index contributed by atoms with van der Waals surface area (Å²) in [5.41, 5.74) is 3.06. The minimum atomic E-state index is -2.86. The summed E-state index contributed by atoms with van der Waals surface area (Å²) in [4.78, 5) is 41.5. The van der Waals surface area contributed by atoms with Crippen LogP contribution in [-0.4, -0.2) is 61.6 Å². The molecule has 6 aromatic rings. The van der Waals surface area contributed by atoms with Crippen LogP contribution in [0.3, 0.4) is 0 Å². The molecule has 12 heteroatoms. The highest BCUT2D eigenvalue weighted by Gasteiger charge is 2.66. The van der Waals surface area contributed by atoms with Crippen LogP contribution in [0.2, 0.25) is 18.6 Å². The number of fused-ring (bicyclic) bond motifs is 3. The Kier molecular flexibility index (Phi) is 8.93. The first kappa shape index (κ1) is 34.8. The molecular formula is C41H42N6O5Si. The minimum Gasteiger partial charge on any atom is -0.432 e. The van der Waals surface area contributed by atoms with E-state index in [2.05, 4.69) is 15.4 Å². The van der Waals surface area contributed by atoms with Gasteiger partial charge in [-0.25, -0.2) is 0 Å². The number of aliphatic hydroxyl groups excluding tert-OH is 1. The molecule has 1 unspecified atom stereocenters. The molecule has 2 N–H and O–H groups in total. The number of para-hydroxylation sites is 1. The molecule has 2 aliphatic heterocycles. The topological polar surface area (TPSA) is 136 Å². The van der Waals surface area contributed by atoms with Gasteiger partial charge in [0.25, 0.3) is 11.5 Å². The van der Waals surface area contributed by atoms with Gasteiger partial charge in [0.05, 0.1) is 53.8 Å². The van der Waals surface area contributed by atoms with Crippen LogP contribution in [0.15, 0.2) is 120 Å². The largest absolute Gasteiger partial charge is 0.432 e. The van der Waals surface area contributed by atoms with E-state index in [1.165, 1.54) is 4.68 Å². The summed E-state index contributed by atoms with van der Waals surface area (Å²) in [5, 5.41) is 24.7. The predicted octanol–water partition coefficient (Wildman–Crippen LogP) is 5.54. The second kappa shape index (κ2) is 13.6. The van der Waals surface area contributed by atoms with Crippen LogP contribution in [0.1, 0.15) is 41.6 Å². The molecule has 1 saturated heterocycles. The maximum atomic E-state index is 14.8. The molecule has 2 aromatic heterocycles. The fraction of sp³-hybridized carbons (Fsp3) is 0.293. The van der Waals surface area contributed by atoms with Crippen LogP contribution < -0.4 is 10.5 Å². The highest BCUT2D eigenvalue weighted by molar-refractivity contribution is 6.71. The van der Waals surface area contributed by atoms with Crippen LogP contribution in [0, 0.1) is 5.92 Å². The van der Waals surface area contributed by atoms with Crippen LogP contribution in [-0.2, 0) is 28.2 Å². The summed E-state index contributed by atoms with van der Waals surface area (Å²) in [6, 6.07) is 32.4. The molecular weight excluding hydrogens is 685 g/mol. The van der Waals surface area contributed by atoms with E-state index in [-0.39, 0.29) is 35.5 Å². The molecule has 270 valence electrons. The van der Waals surface area contributed by atoms with Gasteiger partial charge < -0.3 is 19.5 Å². The van der Waals surface area contributed by atoms with Gasteiger partial charge in [0.15, 0.2) is 13.9 Å². The van der Waals surface area contributed by atoms with Crippen molar-refractivity contribution < 1.29 is 19.4 Å². The molecule has 2 aliphatic rings. The third-order valence-corrected chi connectivity index (χ3v) is 13.6. The van der Waals surface area contributed by atoms with Crippen molar-refractivity contribution in [3.05, 3.63) is 148 Å². The number of aryl methyl sites for hydroxylation is 1. The van der Waals surface area contributed by atoms with E-state index in [0.29, 0.717) is 36.3 Å². The average molecular weight is 727 g/mol. The molecule has 0 radical (unpaired) electrons. The average Bonchev–Trinajstić information content (AvgIpc) is 3.82. The molecule has 4 heterocycles. The summed E-state index contributed by atoms with van der Waals surface area (Å²) < 4.78 is 10.1. The number of rotatable bonds is 10. The van der Waals surface area contributed by atoms with Crippen LogP contribution >= 0.6 is 0 Å². The molecule has 53 heavy (non-hydrogen) atoms. The van der Waals surface area contributed by atoms with Gasteiger partial charge >= 0.3 is 0 Å². The Morgan fingerprint density at radius 2 is 1.64 bits per heavy atom. The number of carbonyl (C=O) groups excluding carboxylic acids is 1. The van der Waals surface area contributed by atoms with Gasteiger partial charge in [-0.05, 0) is 54.9 Å². The van der Waals surface area contributed by atoms with Crippen molar-refractivity contribution in [2.45, 2.75) is 62.7 Å². The number of anilines is 1. The molecule has 0 saturated carbocycles. The van der Waals surface area contributed by atoms with Crippen molar-refractivity contribution in [2.24, 2.45) is 5.92 Å². The van der Waals surface area contributed by atoms with Crippen molar-refractivity contribution in [1.29, 1.82) is 0 Å². The Hall–Kier alpha value is -5.27. The number of nitrogens with zero attached hydrogens (tertiary/aromatic N) is 6. The minimum absolute atomic E-state index is 0.0926. The predicted molar refractivity (Wildman–Crippen MR) is 204 cm³/mol. The Bertz CT molecular complexity index is 2340. The van der Waals surface area contributed by atoms with E-state index < -0.39 is 20.0 Å². The number of benzene rings is 4. The number of ether oxygens (including phenoxy) is 1. The Morgan fingerprint density at radius 1 is 0.925 bits per heavy atom. The van der Waals surface area contributed by atoms with Crippen LogP contribution in [0.25, 0.3) is 16.5 Å². The second-order valence-corrected chi connectivity index (χ2v) is 18.7. The monoisotopic (exact) mass is 726 g/mol. The Balaban J connectivity index is 1.05. The summed E-state index contributed by atoms with van der Waals surface area (Å²) >= 11 is 0. The number of aliphatic hydroxyl groups is 1. The third kappa shape index (κ3) is 6.01. The number of carbonyl (C=O) groups is 1. The quantitative estimate of drug-likeness (QED) is 0.176. The SMILES string of the molecule is C[C@@H]1[C@@H]([Si](C)(C)O)[C@H](CCn2cc(C(CO)c3ccccc3)nn2)O[C@@]12C(=O)N(Cc1ccc(-n3ncc4ccccc4c3=O)cc1)c1ccccc12. The first-order valence-electron chi connectivity index (χ1n) is 18.0. The zero-order chi connectivity index (χ0) is 36.9. The molecule has 0 bridgehead atoms. The zero-order valence-corrected chi connectivity index (χ0v) is 30.9. The molecule has 0 aliphatic carbocycles. The molecule has 5 atom stereocenters. The van der Waals surface area contributed by atoms with E-state index in [0.717, 1.165) is 27.8 Å². The lowest BCUT2D eigenvalue weighted by atomic mass is 9.82. The molecule has 8 rings (SSSR count). The van der Waals surface area contributed by atoms with E-state index in [1.807, 2.05) is 123 Å². The van der Waals surface area contributed by atoms with Crippen LogP contribution in [0.4, 0.5) is 5.69 Å². The summed E-state index contributed by atoms with van der Waals surface area (Å²) in [6.07, 6.45) is 3.65. The molecule has 1 spiro atoms. The van der Waals surface area contributed by atoms with Crippen molar-refractivity contribution in [3.63, 3.8) is 0 Å². The first-order chi connectivity index (χ1) is 25.6. The summed E-state index contributed by atoms with van der Waals surface area (Å²) in [7, 11) is -2.86. The maximum absolute atomic E-state index is 14.8. The van der Waals surface area contributed by atoms with Gasteiger partial charge in [0.2, 0.25) is 0 Å². The van der Waals surface area contributed by atoms with Crippen LogP contribution in [0.5, 0.6) is 0 Å². The van der Waals surface area contributed by atoms with E-state index >= 15 is 0 Å². The van der Waals surface area contributed by atoms with Crippen molar-refractivity contribution in [2.75, 3.05) is 11.5 Å². The van der Waals surface area contributed by atoms with Gasteiger partial charge in [-0.3, -0.25) is 14.3 Å². The molecule has 1 fully saturated rings. The summed E-state index contributed by atoms with van der Waals surface area (Å²) in [5.74, 6) is -0.736. The van der Waals surface area contributed by atoms with Gasteiger partial charge in [-0.1, -0.05) is 91.0 Å². The van der Waals surface area contributed by atoms with Gasteiger partial charge in [-0.2, -0.15) is 9.78 Å². The molecule has 1 amide bonds. The van der Waals surface area contributed by atoms with E-state index in [9.17, 15) is 19.5 Å². The number of hydrogen-bond acceptors (Lipinski definition) is 8. The lowest BCUT2D eigenvalue weighted by Gasteiger charge is -2.32. The smallest absolute Gasteiger partial charge is 0.279 e. The number of hydrogen-bond donors (Lipinski definition) is 2. The Morgan fingerprint density at radius 3 is 2.40 bits per heavy atom. The number of amides is 1. The second-order valence-electron chi connectivity index (χ2n) is 14.7. The zero-order valence-electron chi connectivity index (χ0n) is 29.9. The molecule has 11 nitrogen and oxygen atoms in total. The highest BCUT2D eigenvalue weighted by atomic mass is 28.4. The first-order valence-corrected chi connectivity index (χ1v) is 21.1.